The molecule has 3 heteroatoms. The molecule has 0 saturated heterocycles. The Labute approximate surface area is 137 Å². The molecule has 23 heavy (non-hydrogen) atoms. The summed E-state index contributed by atoms with van der Waals surface area (Å²) >= 11 is 0. The predicted octanol–water partition coefficient (Wildman–Crippen LogP) is 4.78. The number of aromatic nitrogens is 2. The summed E-state index contributed by atoms with van der Waals surface area (Å²) in [4.78, 5) is 8.00. The molecule has 4 rings (SSSR count). The number of nitrogens with zero attached hydrogens (tertiary/aromatic N) is 1. The fraction of sp³-hybridized carbons (Fsp3) is 0.350. The lowest BCUT2D eigenvalue weighted by Gasteiger charge is -2.29. The van der Waals surface area contributed by atoms with Gasteiger partial charge in [-0.05, 0) is 55.7 Å². The highest BCUT2D eigenvalue weighted by atomic mass is 15.1. The van der Waals surface area contributed by atoms with Crippen LogP contribution in [0.3, 0.4) is 0 Å². The van der Waals surface area contributed by atoms with Crippen molar-refractivity contribution in [3.05, 3.63) is 60.2 Å². The van der Waals surface area contributed by atoms with E-state index in [-0.39, 0.29) is 0 Å². The topological polar surface area (TPSA) is 40.7 Å². The Morgan fingerprint density at radius 2 is 1.65 bits per heavy atom. The predicted molar refractivity (Wildman–Crippen MR) is 95.6 cm³/mol. The smallest absolute Gasteiger partial charge is 0.201 e. The standard InChI is InChI=1S/C20H23N3/c1-2-6-15(7-3-1)14-16-10-12-17(13-11-16)21-20-22-18-8-4-5-9-19(18)23-20/h1-9,16-17H,10-14H2,(H2,21,22,23). The molecule has 0 aliphatic heterocycles. The van der Waals surface area contributed by atoms with Crippen molar-refractivity contribution in [1.82, 2.24) is 9.97 Å². The number of hydrogen-bond acceptors (Lipinski definition) is 2. The van der Waals surface area contributed by atoms with Gasteiger partial charge in [0.1, 0.15) is 0 Å². The second kappa shape index (κ2) is 6.45. The second-order valence-corrected chi connectivity index (χ2v) is 6.65. The SMILES string of the molecule is c1ccc(CC2CCC(Nc3nc4ccccc4[nH]3)CC2)cc1. The Morgan fingerprint density at radius 3 is 2.43 bits per heavy atom. The molecule has 1 aliphatic carbocycles. The Bertz CT molecular complexity index is 722. The number of imidazole rings is 1. The van der Waals surface area contributed by atoms with E-state index >= 15 is 0 Å². The first-order valence-electron chi connectivity index (χ1n) is 8.62. The summed E-state index contributed by atoms with van der Waals surface area (Å²) < 4.78 is 0. The van der Waals surface area contributed by atoms with Gasteiger partial charge in [-0.1, -0.05) is 42.5 Å². The molecule has 1 fully saturated rings. The van der Waals surface area contributed by atoms with Gasteiger partial charge in [0.2, 0.25) is 5.95 Å². The van der Waals surface area contributed by atoms with E-state index in [1.54, 1.807) is 0 Å². The van der Waals surface area contributed by atoms with Crippen LogP contribution in [-0.4, -0.2) is 16.0 Å². The maximum atomic E-state index is 4.63. The molecule has 0 unspecified atom stereocenters. The monoisotopic (exact) mass is 305 g/mol. The minimum atomic E-state index is 0.544. The van der Waals surface area contributed by atoms with Gasteiger partial charge in [-0.25, -0.2) is 4.98 Å². The van der Waals surface area contributed by atoms with E-state index in [2.05, 4.69) is 51.7 Å². The highest BCUT2D eigenvalue weighted by Gasteiger charge is 2.21. The van der Waals surface area contributed by atoms with Crippen molar-refractivity contribution in [3.8, 4) is 0 Å². The van der Waals surface area contributed by atoms with Crippen LogP contribution in [0, 0.1) is 5.92 Å². The van der Waals surface area contributed by atoms with Crippen molar-refractivity contribution >= 4 is 17.0 Å². The summed E-state index contributed by atoms with van der Waals surface area (Å²) in [6.07, 6.45) is 6.28. The fourth-order valence-corrected chi connectivity index (χ4v) is 3.67. The summed E-state index contributed by atoms with van der Waals surface area (Å²) in [6.45, 7) is 0. The number of H-pyrrole nitrogens is 1. The Balaban J connectivity index is 1.32. The molecule has 1 saturated carbocycles. The number of aromatic amines is 1. The maximum absolute atomic E-state index is 4.63. The summed E-state index contributed by atoms with van der Waals surface area (Å²) in [7, 11) is 0. The van der Waals surface area contributed by atoms with Crippen LogP contribution in [0.25, 0.3) is 11.0 Å². The van der Waals surface area contributed by atoms with Gasteiger partial charge in [-0.3, -0.25) is 0 Å². The van der Waals surface area contributed by atoms with Crippen LogP contribution >= 0.6 is 0 Å². The minimum Gasteiger partial charge on any atom is -0.353 e. The molecular formula is C20H23N3. The number of nitrogens with one attached hydrogen (secondary N) is 2. The molecule has 0 radical (unpaired) electrons. The lowest BCUT2D eigenvalue weighted by Crippen LogP contribution is -2.27. The minimum absolute atomic E-state index is 0.544. The molecule has 2 N–H and O–H groups in total. The lowest BCUT2D eigenvalue weighted by atomic mass is 9.82. The Kier molecular flexibility index (Phi) is 4.01. The van der Waals surface area contributed by atoms with Crippen molar-refractivity contribution in [2.75, 3.05) is 5.32 Å². The number of fused-ring (bicyclic) bond motifs is 1. The van der Waals surface area contributed by atoms with Gasteiger partial charge in [0.25, 0.3) is 0 Å². The molecule has 3 aromatic rings. The van der Waals surface area contributed by atoms with Gasteiger partial charge in [0.15, 0.2) is 0 Å². The molecule has 0 atom stereocenters. The average Bonchev–Trinajstić information content (AvgIpc) is 3.00. The summed E-state index contributed by atoms with van der Waals surface area (Å²) in [5.74, 6) is 1.74. The number of rotatable bonds is 4. The molecule has 0 bridgehead atoms. The normalized spacial score (nSPS) is 21.4. The molecule has 1 aliphatic rings. The molecule has 0 spiro atoms. The Hall–Kier alpha value is -2.29. The maximum Gasteiger partial charge on any atom is 0.201 e. The molecule has 1 heterocycles. The lowest BCUT2D eigenvalue weighted by molar-refractivity contribution is 0.335. The van der Waals surface area contributed by atoms with Crippen molar-refractivity contribution in [1.29, 1.82) is 0 Å². The van der Waals surface area contributed by atoms with Gasteiger partial charge in [-0.15, -0.1) is 0 Å². The number of hydrogen-bond donors (Lipinski definition) is 2. The molecule has 2 aromatic carbocycles. The van der Waals surface area contributed by atoms with E-state index in [4.69, 9.17) is 0 Å². The first-order valence-corrected chi connectivity index (χ1v) is 8.62. The first-order chi connectivity index (χ1) is 11.4. The van der Waals surface area contributed by atoms with Gasteiger partial charge >= 0.3 is 0 Å². The highest BCUT2D eigenvalue weighted by Crippen LogP contribution is 2.29. The Morgan fingerprint density at radius 1 is 0.913 bits per heavy atom. The van der Waals surface area contributed by atoms with E-state index in [9.17, 15) is 0 Å². The highest BCUT2D eigenvalue weighted by molar-refractivity contribution is 5.77. The third-order valence-corrected chi connectivity index (χ3v) is 4.94. The van der Waals surface area contributed by atoms with Gasteiger partial charge < -0.3 is 10.3 Å². The zero-order valence-corrected chi connectivity index (χ0v) is 13.3. The second-order valence-electron chi connectivity index (χ2n) is 6.65. The zero-order chi connectivity index (χ0) is 15.5. The number of para-hydroxylation sites is 2. The summed E-state index contributed by atoms with van der Waals surface area (Å²) in [6, 6.07) is 19.6. The van der Waals surface area contributed by atoms with Crippen molar-refractivity contribution < 1.29 is 0 Å². The largest absolute Gasteiger partial charge is 0.353 e. The van der Waals surface area contributed by atoms with Crippen molar-refractivity contribution in [2.45, 2.75) is 38.1 Å². The zero-order valence-electron chi connectivity index (χ0n) is 13.3. The molecule has 0 amide bonds. The van der Waals surface area contributed by atoms with E-state index in [0.29, 0.717) is 6.04 Å². The molecule has 1 aromatic heterocycles. The van der Waals surface area contributed by atoms with Crippen LogP contribution < -0.4 is 5.32 Å². The molecule has 118 valence electrons. The van der Waals surface area contributed by atoms with Crippen LogP contribution in [0.1, 0.15) is 31.2 Å². The fourth-order valence-electron chi connectivity index (χ4n) is 3.67. The molecule has 3 nitrogen and oxygen atoms in total. The molecular weight excluding hydrogens is 282 g/mol. The van der Waals surface area contributed by atoms with E-state index in [0.717, 1.165) is 22.9 Å². The number of anilines is 1. The van der Waals surface area contributed by atoms with Gasteiger partial charge in [-0.2, -0.15) is 0 Å². The third kappa shape index (κ3) is 3.39. The van der Waals surface area contributed by atoms with Crippen LogP contribution in [0.4, 0.5) is 5.95 Å². The summed E-state index contributed by atoms with van der Waals surface area (Å²) in [5.41, 5.74) is 3.61. The quantitative estimate of drug-likeness (QED) is 0.728. The van der Waals surface area contributed by atoms with Gasteiger partial charge in [0, 0.05) is 6.04 Å². The van der Waals surface area contributed by atoms with E-state index < -0.39 is 0 Å². The van der Waals surface area contributed by atoms with Crippen LogP contribution in [-0.2, 0) is 6.42 Å². The third-order valence-electron chi connectivity index (χ3n) is 4.94. The van der Waals surface area contributed by atoms with Gasteiger partial charge in [0.05, 0.1) is 11.0 Å². The van der Waals surface area contributed by atoms with Crippen LogP contribution in [0.2, 0.25) is 0 Å². The van der Waals surface area contributed by atoms with Crippen LogP contribution in [0.5, 0.6) is 0 Å². The van der Waals surface area contributed by atoms with E-state index in [1.165, 1.54) is 37.7 Å². The van der Waals surface area contributed by atoms with Crippen LogP contribution in [0.15, 0.2) is 54.6 Å². The van der Waals surface area contributed by atoms with Crippen molar-refractivity contribution in [3.63, 3.8) is 0 Å². The summed E-state index contributed by atoms with van der Waals surface area (Å²) in [5, 5.41) is 3.59. The van der Waals surface area contributed by atoms with Crippen molar-refractivity contribution in [2.24, 2.45) is 5.92 Å². The first kappa shape index (κ1) is 14.3. The van der Waals surface area contributed by atoms with E-state index in [1.807, 2.05) is 18.2 Å². The number of benzene rings is 2. The average molecular weight is 305 g/mol.